The average molecular weight is 478 g/mol. The van der Waals surface area contributed by atoms with E-state index in [9.17, 15) is 22.8 Å². The van der Waals surface area contributed by atoms with E-state index in [-0.39, 0.29) is 22.8 Å². The van der Waals surface area contributed by atoms with Crippen molar-refractivity contribution in [1.29, 1.82) is 0 Å². The Morgan fingerprint density at radius 3 is 2.42 bits per heavy atom. The number of carbonyl (C=O) groups is 1. The van der Waals surface area contributed by atoms with Gasteiger partial charge in [-0.05, 0) is 36.6 Å². The number of sulfonamides is 1. The Hall–Kier alpha value is -2.92. The van der Waals surface area contributed by atoms with Crippen molar-refractivity contribution in [2.24, 2.45) is 7.05 Å². The van der Waals surface area contributed by atoms with E-state index in [1.807, 2.05) is 6.92 Å². The molecule has 1 aliphatic heterocycles. The zero-order chi connectivity index (χ0) is 24.5. The Morgan fingerprint density at radius 1 is 1.15 bits per heavy atom. The SMILES string of the molecule is CCCn1c(N)c(C(=O)CN2CCc3cc(S(=O)(=O)N(CC)CC)ccc32)c(=O)n(C)c1=O. The highest BCUT2D eigenvalue weighted by Crippen LogP contribution is 2.31. The molecule has 11 heteroatoms. The smallest absolute Gasteiger partial charge is 0.332 e. The zero-order valence-electron chi connectivity index (χ0n) is 19.5. The van der Waals surface area contributed by atoms with E-state index in [4.69, 9.17) is 5.73 Å². The fourth-order valence-corrected chi connectivity index (χ4v) is 5.73. The minimum atomic E-state index is -3.58. The summed E-state index contributed by atoms with van der Waals surface area (Å²) in [5.41, 5.74) is 6.19. The molecule has 1 aliphatic rings. The van der Waals surface area contributed by atoms with Crippen molar-refractivity contribution >= 4 is 27.3 Å². The number of aromatic nitrogens is 2. The molecule has 0 saturated heterocycles. The monoisotopic (exact) mass is 477 g/mol. The van der Waals surface area contributed by atoms with Crippen LogP contribution in [0, 0.1) is 0 Å². The summed E-state index contributed by atoms with van der Waals surface area (Å²) in [6.07, 6.45) is 1.20. The molecule has 0 unspecified atom stereocenters. The van der Waals surface area contributed by atoms with Gasteiger partial charge in [-0.15, -0.1) is 0 Å². The van der Waals surface area contributed by atoms with Crippen molar-refractivity contribution in [3.05, 3.63) is 50.2 Å². The number of benzene rings is 1. The Kier molecular flexibility index (Phi) is 7.13. The van der Waals surface area contributed by atoms with Crippen molar-refractivity contribution in [1.82, 2.24) is 13.4 Å². The van der Waals surface area contributed by atoms with E-state index >= 15 is 0 Å². The summed E-state index contributed by atoms with van der Waals surface area (Å²) in [7, 11) is -2.25. The van der Waals surface area contributed by atoms with Crippen molar-refractivity contribution in [2.75, 3.05) is 36.8 Å². The molecule has 0 amide bonds. The maximum absolute atomic E-state index is 13.1. The molecule has 1 aromatic carbocycles. The van der Waals surface area contributed by atoms with Gasteiger partial charge in [0.05, 0.1) is 11.4 Å². The molecular weight excluding hydrogens is 446 g/mol. The Balaban J connectivity index is 1.92. The first kappa shape index (κ1) is 24.7. The van der Waals surface area contributed by atoms with Crippen molar-refractivity contribution in [2.45, 2.75) is 45.1 Å². The van der Waals surface area contributed by atoms with Gasteiger partial charge in [0.2, 0.25) is 10.0 Å². The maximum atomic E-state index is 13.1. The Morgan fingerprint density at radius 2 is 1.82 bits per heavy atom. The second-order valence-corrected chi connectivity index (χ2v) is 9.97. The van der Waals surface area contributed by atoms with E-state index in [0.29, 0.717) is 39.0 Å². The van der Waals surface area contributed by atoms with Gasteiger partial charge in [0.25, 0.3) is 5.56 Å². The fraction of sp³-hybridized carbons (Fsp3) is 0.500. The molecule has 0 atom stereocenters. The third-order valence-electron chi connectivity index (χ3n) is 6.03. The number of Topliss-reactive ketones (excluding diaryl/α,β-unsaturated/α-hetero) is 1. The minimum absolute atomic E-state index is 0.0983. The number of nitrogens with zero attached hydrogens (tertiary/aromatic N) is 4. The standard InChI is InChI=1S/C22H31N5O5S/c1-5-11-27-20(23)19(21(29)24(4)22(27)30)18(28)14-25-12-10-15-13-16(8-9-17(15)25)33(31,32)26(6-2)7-3/h8-9,13H,5-7,10-12,14,23H2,1-4H3. The van der Waals surface area contributed by atoms with Crippen LogP contribution in [-0.4, -0.2) is 53.8 Å². The summed E-state index contributed by atoms with van der Waals surface area (Å²) >= 11 is 0. The minimum Gasteiger partial charge on any atom is -0.384 e. The summed E-state index contributed by atoms with van der Waals surface area (Å²) in [4.78, 5) is 40.2. The van der Waals surface area contributed by atoms with Gasteiger partial charge in [-0.25, -0.2) is 13.2 Å². The largest absolute Gasteiger partial charge is 0.384 e. The quantitative estimate of drug-likeness (QED) is 0.530. The third kappa shape index (κ3) is 4.34. The van der Waals surface area contributed by atoms with Crippen LogP contribution in [0.3, 0.4) is 0 Å². The van der Waals surface area contributed by atoms with Crippen LogP contribution in [0.25, 0.3) is 0 Å². The van der Waals surface area contributed by atoms with Gasteiger partial charge in [-0.2, -0.15) is 4.31 Å². The topological polar surface area (TPSA) is 128 Å². The lowest BCUT2D eigenvalue weighted by Gasteiger charge is -2.21. The van der Waals surface area contributed by atoms with Gasteiger partial charge in [-0.3, -0.25) is 18.7 Å². The van der Waals surface area contributed by atoms with Crippen LogP contribution in [0.15, 0.2) is 32.7 Å². The third-order valence-corrected chi connectivity index (χ3v) is 8.08. The first-order valence-corrected chi connectivity index (χ1v) is 12.5. The van der Waals surface area contributed by atoms with Gasteiger partial charge < -0.3 is 10.6 Å². The molecule has 10 nitrogen and oxygen atoms in total. The molecule has 1 aromatic heterocycles. The Bertz CT molecular complexity index is 1290. The molecule has 2 heterocycles. The van der Waals surface area contributed by atoms with E-state index in [0.717, 1.165) is 15.8 Å². The van der Waals surface area contributed by atoms with Crippen LogP contribution in [0.2, 0.25) is 0 Å². The number of hydrogen-bond donors (Lipinski definition) is 1. The summed E-state index contributed by atoms with van der Waals surface area (Å²) < 4.78 is 29.2. The van der Waals surface area contributed by atoms with E-state index in [1.54, 1.807) is 36.9 Å². The molecular formula is C22H31N5O5S. The molecule has 0 aliphatic carbocycles. The molecule has 3 rings (SSSR count). The first-order valence-electron chi connectivity index (χ1n) is 11.1. The molecule has 0 radical (unpaired) electrons. The van der Waals surface area contributed by atoms with Crippen LogP contribution in [-0.2, 0) is 30.0 Å². The molecule has 2 N–H and O–H groups in total. The summed E-state index contributed by atoms with van der Waals surface area (Å²) in [6.45, 7) is 6.93. The van der Waals surface area contributed by atoms with Crippen LogP contribution in [0.4, 0.5) is 11.5 Å². The number of hydrogen-bond acceptors (Lipinski definition) is 7. The number of nitrogens with two attached hydrogens (primary N) is 1. The van der Waals surface area contributed by atoms with Crippen LogP contribution < -0.4 is 21.9 Å². The van der Waals surface area contributed by atoms with Gasteiger partial charge in [0.1, 0.15) is 11.4 Å². The number of anilines is 2. The van der Waals surface area contributed by atoms with Gasteiger partial charge >= 0.3 is 5.69 Å². The molecule has 0 spiro atoms. The first-order chi connectivity index (χ1) is 15.6. The van der Waals surface area contributed by atoms with Gasteiger partial charge in [0, 0.05) is 38.9 Å². The Labute approximate surface area is 193 Å². The van der Waals surface area contributed by atoms with Crippen LogP contribution in [0.5, 0.6) is 0 Å². The second kappa shape index (κ2) is 9.52. The number of fused-ring (bicyclic) bond motifs is 1. The molecule has 0 fully saturated rings. The maximum Gasteiger partial charge on any atom is 0.332 e. The van der Waals surface area contributed by atoms with Crippen LogP contribution in [0.1, 0.15) is 43.1 Å². The molecule has 33 heavy (non-hydrogen) atoms. The zero-order valence-corrected chi connectivity index (χ0v) is 20.3. The lowest BCUT2D eigenvalue weighted by molar-refractivity contribution is 0.0997. The number of carbonyl (C=O) groups excluding carboxylic acids is 1. The molecule has 2 aromatic rings. The molecule has 0 bridgehead atoms. The number of rotatable bonds is 9. The molecule has 180 valence electrons. The van der Waals surface area contributed by atoms with Crippen molar-refractivity contribution < 1.29 is 13.2 Å². The summed E-state index contributed by atoms with van der Waals surface area (Å²) in [5.74, 6) is -0.597. The normalized spacial score (nSPS) is 13.5. The second-order valence-electron chi connectivity index (χ2n) is 8.03. The highest BCUT2D eigenvalue weighted by Gasteiger charge is 2.29. The molecule has 0 saturated carbocycles. The van der Waals surface area contributed by atoms with Crippen molar-refractivity contribution in [3.63, 3.8) is 0 Å². The number of ketones is 1. The summed E-state index contributed by atoms with van der Waals surface area (Å²) in [5, 5.41) is 0. The predicted molar refractivity (Wildman–Crippen MR) is 127 cm³/mol. The fourth-order valence-electron chi connectivity index (χ4n) is 4.22. The van der Waals surface area contributed by atoms with E-state index in [1.165, 1.54) is 15.9 Å². The number of nitrogen functional groups attached to an aromatic ring is 1. The van der Waals surface area contributed by atoms with E-state index in [2.05, 4.69) is 0 Å². The lowest BCUT2D eigenvalue weighted by atomic mass is 10.1. The van der Waals surface area contributed by atoms with E-state index < -0.39 is 27.1 Å². The highest BCUT2D eigenvalue weighted by atomic mass is 32.2. The van der Waals surface area contributed by atoms with Gasteiger partial charge in [0.15, 0.2) is 5.78 Å². The average Bonchev–Trinajstić information content (AvgIpc) is 3.18. The summed E-state index contributed by atoms with van der Waals surface area (Å²) in [6, 6.07) is 4.90. The predicted octanol–water partition coefficient (Wildman–Crippen LogP) is 0.815. The highest BCUT2D eigenvalue weighted by molar-refractivity contribution is 7.89. The van der Waals surface area contributed by atoms with Crippen molar-refractivity contribution in [3.8, 4) is 0 Å². The van der Waals surface area contributed by atoms with Crippen LogP contribution >= 0.6 is 0 Å². The lowest BCUT2D eigenvalue weighted by Crippen LogP contribution is -2.44. The van der Waals surface area contributed by atoms with Gasteiger partial charge in [-0.1, -0.05) is 20.8 Å².